The molecule has 0 aliphatic heterocycles. The number of nitrogens with zero attached hydrogens (tertiary/aromatic N) is 2. The van der Waals surface area contributed by atoms with Crippen LogP contribution in [-0.4, -0.2) is 34.6 Å². The Bertz CT molecular complexity index is 841. The van der Waals surface area contributed by atoms with E-state index in [-0.39, 0.29) is 29.9 Å². The van der Waals surface area contributed by atoms with Crippen LogP contribution in [0, 0.1) is 0 Å². The molecule has 29 heavy (non-hydrogen) atoms. The first kappa shape index (κ1) is 22.1. The number of aromatic nitrogens is 2. The van der Waals surface area contributed by atoms with Crippen molar-refractivity contribution in [2.45, 2.75) is 38.9 Å². The lowest BCUT2D eigenvalue weighted by Gasteiger charge is -2.15. The van der Waals surface area contributed by atoms with Gasteiger partial charge in [0.1, 0.15) is 5.82 Å². The molecule has 0 aromatic carbocycles. The van der Waals surface area contributed by atoms with Crippen LogP contribution in [0.1, 0.15) is 48.7 Å². The minimum absolute atomic E-state index is 0.0713. The second-order valence-electron chi connectivity index (χ2n) is 6.17. The summed E-state index contributed by atoms with van der Waals surface area (Å²) in [5.41, 5.74) is 0.966. The molecule has 156 valence electrons. The SMILES string of the molecule is CCC(=O)Nc1cc(C(=O)NC(C)c2ccc(OCCC(F)(F)F)nc2)ccn1. The van der Waals surface area contributed by atoms with Crippen LogP contribution in [0.5, 0.6) is 5.88 Å². The molecule has 2 N–H and O–H groups in total. The molecular weight excluding hydrogens is 389 g/mol. The molecule has 0 spiro atoms. The van der Waals surface area contributed by atoms with E-state index in [4.69, 9.17) is 4.74 Å². The van der Waals surface area contributed by atoms with E-state index in [1.165, 1.54) is 30.6 Å². The molecule has 2 amide bonds. The third-order valence-corrected chi connectivity index (χ3v) is 3.85. The van der Waals surface area contributed by atoms with Gasteiger partial charge in [0.15, 0.2) is 0 Å². The molecule has 2 heterocycles. The van der Waals surface area contributed by atoms with Gasteiger partial charge in [0.05, 0.1) is 19.1 Å². The van der Waals surface area contributed by atoms with E-state index < -0.39 is 25.2 Å². The predicted octanol–water partition coefficient (Wildman–Crippen LogP) is 3.65. The number of pyridine rings is 2. The second-order valence-corrected chi connectivity index (χ2v) is 6.17. The highest BCUT2D eigenvalue weighted by molar-refractivity contribution is 5.96. The van der Waals surface area contributed by atoms with Crippen LogP contribution in [-0.2, 0) is 4.79 Å². The third kappa shape index (κ3) is 7.40. The Morgan fingerprint density at radius 2 is 1.97 bits per heavy atom. The standard InChI is InChI=1S/C19H21F3N4O3/c1-3-16(27)26-15-10-13(6-8-23-15)18(28)25-12(2)14-4-5-17(24-11-14)29-9-7-19(20,21)22/h4-6,8,10-12H,3,7,9H2,1-2H3,(H,25,28)(H,23,26,27). The van der Waals surface area contributed by atoms with E-state index >= 15 is 0 Å². The monoisotopic (exact) mass is 410 g/mol. The van der Waals surface area contributed by atoms with Crippen molar-refractivity contribution >= 4 is 17.6 Å². The average molecular weight is 410 g/mol. The first-order chi connectivity index (χ1) is 13.7. The van der Waals surface area contributed by atoms with Crippen molar-refractivity contribution in [3.05, 3.63) is 47.8 Å². The zero-order chi connectivity index (χ0) is 21.4. The molecule has 1 unspecified atom stereocenters. The normalized spacial score (nSPS) is 12.2. The van der Waals surface area contributed by atoms with Gasteiger partial charge in [0.25, 0.3) is 5.91 Å². The fourth-order valence-corrected chi connectivity index (χ4v) is 2.24. The smallest absolute Gasteiger partial charge is 0.392 e. The molecule has 10 heteroatoms. The molecular formula is C19H21F3N4O3. The van der Waals surface area contributed by atoms with Gasteiger partial charge in [-0.2, -0.15) is 13.2 Å². The van der Waals surface area contributed by atoms with Gasteiger partial charge in [-0.1, -0.05) is 13.0 Å². The Hall–Kier alpha value is -3.17. The number of nitrogens with one attached hydrogen (secondary N) is 2. The lowest BCUT2D eigenvalue weighted by Crippen LogP contribution is -2.27. The largest absolute Gasteiger partial charge is 0.477 e. The zero-order valence-corrected chi connectivity index (χ0v) is 15.9. The Morgan fingerprint density at radius 1 is 1.21 bits per heavy atom. The minimum atomic E-state index is -4.29. The number of alkyl halides is 3. The summed E-state index contributed by atoms with van der Waals surface area (Å²) in [4.78, 5) is 31.8. The van der Waals surface area contributed by atoms with E-state index in [0.717, 1.165) is 0 Å². The summed E-state index contributed by atoms with van der Waals surface area (Å²) < 4.78 is 41.4. The maximum Gasteiger partial charge on any atom is 0.392 e. The van der Waals surface area contributed by atoms with Gasteiger partial charge >= 0.3 is 6.18 Å². The molecule has 0 saturated heterocycles. The Balaban J connectivity index is 1.94. The molecule has 0 aliphatic carbocycles. The molecule has 1 atom stereocenters. The lowest BCUT2D eigenvalue weighted by atomic mass is 10.1. The average Bonchev–Trinajstić information content (AvgIpc) is 2.67. The number of hydrogen-bond donors (Lipinski definition) is 2. The number of anilines is 1. The maximum atomic E-state index is 12.4. The van der Waals surface area contributed by atoms with Crippen LogP contribution in [0.3, 0.4) is 0 Å². The summed E-state index contributed by atoms with van der Waals surface area (Å²) >= 11 is 0. The first-order valence-corrected chi connectivity index (χ1v) is 8.90. The van der Waals surface area contributed by atoms with Crippen LogP contribution in [0.25, 0.3) is 0 Å². The zero-order valence-electron chi connectivity index (χ0n) is 15.9. The minimum Gasteiger partial charge on any atom is -0.477 e. The van der Waals surface area contributed by atoms with Gasteiger partial charge in [-0.3, -0.25) is 9.59 Å². The fourth-order valence-electron chi connectivity index (χ4n) is 2.24. The molecule has 2 aromatic rings. The van der Waals surface area contributed by atoms with Gasteiger partial charge in [-0.15, -0.1) is 0 Å². The summed E-state index contributed by atoms with van der Waals surface area (Å²) in [5.74, 6) is -0.245. The Morgan fingerprint density at radius 3 is 2.59 bits per heavy atom. The molecule has 7 nitrogen and oxygen atoms in total. The van der Waals surface area contributed by atoms with Gasteiger partial charge in [0.2, 0.25) is 11.8 Å². The number of amides is 2. The highest BCUT2D eigenvalue weighted by Gasteiger charge is 2.26. The van der Waals surface area contributed by atoms with Crippen molar-refractivity contribution in [1.82, 2.24) is 15.3 Å². The summed E-state index contributed by atoms with van der Waals surface area (Å²) in [6.45, 7) is 2.93. The van der Waals surface area contributed by atoms with Gasteiger partial charge < -0.3 is 15.4 Å². The number of hydrogen-bond acceptors (Lipinski definition) is 5. The quantitative estimate of drug-likeness (QED) is 0.693. The molecule has 0 radical (unpaired) electrons. The molecule has 0 fully saturated rings. The van der Waals surface area contributed by atoms with Gasteiger partial charge in [-0.25, -0.2) is 9.97 Å². The van der Waals surface area contributed by atoms with Crippen molar-refractivity contribution in [1.29, 1.82) is 0 Å². The van der Waals surface area contributed by atoms with Crippen LogP contribution in [0.2, 0.25) is 0 Å². The van der Waals surface area contributed by atoms with E-state index in [0.29, 0.717) is 11.1 Å². The Labute approximate surface area is 165 Å². The van der Waals surface area contributed by atoms with Crippen molar-refractivity contribution in [3.63, 3.8) is 0 Å². The first-order valence-electron chi connectivity index (χ1n) is 8.90. The number of rotatable bonds is 8. The van der Waals surface area contributed by atoms with Gasteiger partial charge in [-0.05, 0) is 24.6 Å². The molecule has 0 saturated carbocycles. The van der Waals surface area contributed by atoms with Crippen LogP contribution >= 0.6 is 0 Å². The number of carbonyl (C=O) groups excluding carboxylic acids is 2. The Kier molecular flexibility index (Phi) is 7.52. The number of halogens is 3. The van der Waals surface area contributed by atoms with E-state index in [1.54, 1.807) is 19.9 Å². The van der Waals surface area contributed by atoms with E-state index in [9.17, 15) is 22.8 Å². The van der Waals surface area contributed by atoms with Crippen molar-refractivity contribution < 1.29 is 27.5 Å². The van der Waals surface area contributed by atoms with Crippen LogP contribution in [0.4, 0.5) is 19.0 Å². The van der Waals surface area contributed by atoms with Crippen molar-refractivity contribution in [2.75, 3.05) is 11.9 Å². The van der Waals surface area contributed by atoms with Crippen LogP contribution in [0.15, 0.2) is 36.7 Å². The molecule has 2 aromatic heterocycles. The van der Waals surface area contributed by atoms with Crippen molar-refractivity contribution in [2.24, 2.45) is 0 Å². The third-order valence-electron chi connectivity index (χ3n) is 3.85. The fraction of sp³-hybridized carbons (Fsp3) is 0.368. The highest BCUT2D eigenvalue weighted by atomic mass is 19.4. The molecule has 0 bridgehead atoms. The van der Waals surface area contributed by atoms with E-state index in [1.807, 2.05) is 0 Å². The molecule has 2 rings (SSSR count). The number of carbonyl (C=O) groups is 2. The van der Waals surface area contributed by atoms with Crippen molar-refractivity contribution in [3.8, 4) is 5.88 Å². The lowest BCUT2D eigenvalue weighted by molar-refractivity contribution is -0.139. The topological polar surface area (TPSA) is 93.2 Å². The number of ether oxygens (including phenoxy) is 1. The maximum absolute atomic E-state index is 12.4. The second kappa shape index (κ2) is 9.85. The van der Waals surface area contributed by atoms with E-state index in [2.05, 4.69) is 20.6 Å². The summed E-state index contributed by atoms with van der Waals surface area (Å²) in [7, 11) is 0. The summed E-state index contributed by atoms with van der Waals surface area (Å²) in [5, 5.41) is 5.36. The summed E-state index contributed by atoms with van der Waals surface area (Å²) in [6, 6.07) is 5.62. The van der Waals surface area contributed by atoms with Crippen LogP contribution < -0.4 is 15.4 Å². The summed E-state index contributed by atoms with van der Waals surface area (Å²) in [6.07, 6.45) is -2.22. The predicted molar refractivity (Wildman–Crippen MR) is 99.4 cm³/mol. The van der Waals surface area contributed by atoms with Gasteiger partial charge in [0, 0.05) is 30.4 Å². The molecule has 0 aliphatic rings. The highest BCUT2D eigenvalue weighted by Crippen LogP contribution is 2.20.